The number of rotatable bonds is 7. The molecule has 0 aliphatic heterocycles. The Bertz CT molecular complexity index is 365. The summed E-state index contributed by atoms with van der Waals surface area (Å²) in [7, 11) is 0. The SMILES string of the molecule is CCN(CCO)C(=O)CCOc1ccc(N)cc1. The molecule has 5 heteroatoms. The molecule has 0 bridgehead atoms. The van der Waals surface area contributed by atoms with Crippen LogP contribution in [0, 0.1) is 0 Å². The van der Waals surface area contributed by atoms with Gasteiger partial charge in [-0.3, -0.25) is 4.79 Å². The molecule has 1 rings (SSSR count). The number of hydrogen-bond acceptors (Lipinski definition) is 4. The molecule has 1 amide bonds. The average molecular weight is 252 g/mol. The molecule has 0 fully saturated rings. The van der Waals surface area contributed by atoms with Crippen LogP contribution in [0.15, 0.2) is 24.3 Å². The molecule has 1 aromatic rings. The van der Waals surface area contributed by atoms with Crippen molar-refractivity contribution in [1.29, 1.82) is 0 Å². The van der Waals surface area contributed by atoms with Crippen molar-refractivity contribution in [2.24, 2.45) is 0 Å². The summed E-state index contributed by atoms with van der Waals surface area (Å²) in [4.78, 5) is 13.3. The second kappa shape index (κ2) is 7.55. The van der Waals surface area contributed by atoms with Gasteiger partial charge in [0.25, 0.3) is 0 Å². The smallest absolute Gasteiger partial charge is 0.226 e. The van der Waals surface area contributed by atoms with Crippen molar-refractivity contribution in [2.45, 2.75) is 13.3 Å². The van der Waals surface area contributed by atoms with E-state index in [0.717, 1.165) is 0 Å². The van der Waals surface area contributed by atoms with Gasteiger partial charge in [-0.05, 0) is 31.2 Å². The van der Waals surface area contributed by atoms with E-state index in [-0.39, 0.29) is 12.5 Å². The fourth-order valence-electron chi connectivity index (χ4n) is 1.56. The van der Waals surface area contributed by atoms with Crippen LogP contribution in [0.1, 0.15) is 13.3 Å². The maximum Gasteiger partial charge on any atom is 0.226 e. The number of aliphatic hydroxyl groups excluding tert-OH is 1. The zero-order chi connectivity index (χ0) is 13.4. The molecule has 0 saturated heterocycles. The number of aliphatic hydroxyl groups is 1. The van der Waals surface area contributed by atoms with E-state index in [1.165, 1.54) is 0 Å². The van der Waals surface area contributed by atoms with E-state index in [1.807, 2.05) is 6.92 Å². The zero-order valence-corrected chi connectivity index (χ0v) is 10.6. The number of nitrogen functional groups attached to an aromatic ring is 1. The molecule has 1 aromatic carbocycles. The Morgan fingerprint density at radius 2 is 2.06 bits per heavy atom. The Kier molecular flexibility index (Phi) is 6.00. The Labute approximate surface area is 107 Å². The van der Waals surface area contributed by atoms with Gasteiger partial charge in [-0.25, -0.2) is 0 Å². The number of carbonyl (C=O) groups excluding carboxylic acids is 1. The first-order chi connectivity index (χ1) is 8.67. The zero-order valence-electron chi connectivity index (χ0n) is 10.6. The number of nitrogens with zero attached hydrogens (tertiary/aromatic N) is 1. The van der Waals surface area contributed by atoms with Crippen LogP contribution in [0.3, 0.4) is 0 Å². The number of carbonyl (C=O) groups is 1. The molecule has 3 N–H and O–H groups in total. The lowest BCUT2D eigenvalue weighted by molar-refractivity contribution is -0.132. The van der Waals surface area contributed by atoms with E-state index < -0.39 is 0 Å². The van der Waals surface area contributed by atoms with Crippen molar-refractivity contribution < 1.29 is 14.6 Å². The van der Waals surface area contributed by atoms with Crippen LogP contribution in [0.5, 0.6) is 5.75 Å². The van der Waals surface area contributed by atoms with Gasteiger partial charge >= 0.3 is 0 Å². The molecule has 100 valence electrons. The van der Waals surface area contributed by atoms with Gasteiger partial charge in [-0.15, -0.1) is 0 Å². The number of ether oxygens (including phenoxy) is 1. The molecule has 0 aliphatic rings. The second-order valence-electron chi connectivity index (χ2n) is 3.86. The van der Waals surface area contributed by atoms with E-state index in [9.17, 15) is 4.79 Å². The predicted molar refractivity (Wildman–Crippen MR) is 70.3 cm³/mol. The van der Waals surface area contributed by atoms with E-state index in [2.05, 4.69) is 0 Å². The van der Waals surface area contributed by atoms with E-state index in [0.29, 0.717) is 37.6 Å². The van der Waals surface area contributed by atoms with Crippen molar-refractivity contribution >= 4 is 11.6 Å². The Morgan fingerprint density at radius 1 is 1.39 bits per heavy atom. The second-order valence-corrected chi connectivity index (χ2v) is 3.86. The van der Waals surface area contributed by atoms with E-state index >= 15 is 0 Å². The van der Waals surface area contributed by atoms with Crippen LogP contribution in [0.4, 0.5) is 5.69 Å². The van der Waals surface area contributed by atoms with E-state index in [1.54, 1.807) is 29.2 Å². The first-order valence-electron chi connectivity index (χ1n) is 6.04. The molecular formula is C13H20N2O3. The summed E-state index contributed by atoms with van der Waals surface area (Å²) < 4.78 is 5.44. The highest BCUT2D eigenvalue weighted by molar-refractivity contribution is 5.76. The number of hydrogen-bond donors (Lipinski definition) is 2. The van der Waals surface area contributed by atoms with Crippen LogP contribution in [0.2, 0.25) is 0 Å². The van der Waals surface area contributed by atoms with Crippen LogP contribution < -0.4 is 10.5 Å². The minimum absolute atomic E-state index is 0.0120. The van der Waals surface area contributed by atoms with Gasteiger partial charge in [0.15, 0.2) is 0 Å². The minimum Gasteiger partial charge on any atom is -0.493 e. The summed E-state index contributed by atoms with van der Waals surface area (Å²) in [6.45, 7) is 3.16. The molecule has 0 atom stereocenters. The molecule has 0 aliphatic carbocycles. The summed E-state index contributed by atoms with van der Waals surface area (Å²) in [6, 6.07) is 7.04. The first kappa shape index (κ1) is 14.3. The highest BCUT2D eigenvalue weighted by Crippen LogP contribution is 2.13. The molecule has 0 spiro atoms. The van der Waals surface area contributed by atoms with Crippen LogP contribution in [-0.2, 0) is 4.79 Å². The van der Waals surface area contributed by atoms with Crippen LogP contribution >= 0.6 is 0 Å². The molecule has 0 unspecified atom stereocenters. The molecule has 18 heavy (non-hydrogen) atoms. The van der Waals surface area contributed by atoms with Gasteiger partial charge in [0.2, 0.25) is 5.91 Å². The molecule has 0 heterocycles. The van der Waals surface area contributed by atoms with Crippen LogP contribution in [-0.4, -0.2) is 42.2 Å². The number of likely N-dealkylation sites (N-methyl/N-ethyl adjacent to an activating group) is 1. The Hall–Kier alpha value is -1.75. The van der Waals surface area contributed by atoms with Crippen LogP contribution in [0.25, 0.3) is 0 Å². The summed E-state index contributed by atoms with van der Waals surface area (Å²) in [5.74, 6) is 0.684. The summed E-state index contributed by atoms with van der Waals surface area (Å²) in [6.07, 6.45) is 0.304. The third-order valence-corrected chi connectivity index (χ3v) is 2.57. The predicted octanol–water partition coefficient (Wildman–Crippen LogP) is 0.878. The largest absolute Gasteiger partial charge is 0.493 e. The fraction of sp³-hybridized carbons (Fsp3) is 0.462. The number of anilines is 1. The highest BCUT2D eigenvalue weighted by atomic mass is 16.5. The average Bonchev–Trinajstić information content (AvgIpc) is 2.38. The van der Waals surface area contributed by atoms with Gasteiger partial charge < -0.3 is 20.5 Å². The number of amides is 1. The summed E-state index contributed by atoms with van der Waals surface area (Å²) >= 11 is 0. The molecule has 5 nitrogen and oxygen atoms in total. The monoisotopic (exact) mass is 252 g/mol. The third-order valence-electron chi connectivity index (χ3n) is 2.57. The fourth-order valence-corrected chi connectivity index (χ4v) is 1.56. The number of benzene rings is 1. The normalized spacial score (nSPS) is 10.1. The lowest BCUT2D eigenvalue weighted by atomic mass is 10.3. The van der Waals surface area contributed by atoms with Gasteiger partial charge in [0.1, 0.15) is 5.75 Å². The van der Waals surface area contributed by atoms with Crippen molar-refractivity contribution in [2.75, 3.05) is 32.0 Å². The van der Waals surface area contributed by atoms with Crippen molar-refractivity contribution in [3.8, 4) is 5.75 Å². The molecule has 0 aromatic heterocycles. The van der Waals surface area contributed by atoms with Gasteiger partial charge in [0, 0.05) is 18.8 Å². The molecule has 0 radical (unpaired) electrons. The van der Waals surface area contributed by atoms with Gasteiger partial charge in [-0.1, -0.05) is 0 Å². The summed E-state index contributed by atoms with van der Waals surface area (Å²) in [5, 5.41) is 8.81. The number of nitrogens with two attached hydrogens (primary N) is 1. The molecule has 0 saturated carbocycles. The lowest BCUT2D eigenvalue weighted by Gasteiger charge is -2.19. The maximum atomic E-state index is 11.7. The molecular weight excluding hydrogens is 232 g/mol. The lowest BCUT2D eigenvalue weighted by Crippen LogP contribution is -2.34. The standard InChI is InChI=1S/C13H20N2O3/c1-2-15(8-9-16)13(17)7-10-18-12-5-3-11(14)4-6-12/h3-6,16H,2,7-10,14H2,1H3. The Balaban J connectivity index is 2.32. The van der Waals surface area contributed by atoms with Gasteiger partial charge in [0.05, 0.1) is 19.6 Å². The quantitative estimate of drug-likeness (QED) is 0.706. The highest BCUT2D eigenvalue weighted by Gasteiger charge is 2.10. The summed E-state index contributed by atoms with van der Waals surface area (Å²) in [5.41, 5.74) is 6.23. The van der Waals surface area contributed by atoms with Crippen molar-refractivity contribution in [3.05, 3.63) is 24.3 Å². The van der Waals surface area contributed by atoms with Gasteiger partial charge in [-0.2, -0.15) is 0 Å². The van der Waals surface area contributed by atoms with Crippen molar-refractivity contribution in [3.63, 3.8) is 0 Å². The third kappa shape index (κ3) is 4.63. The van der Waals surface area contributed by atoms with Crippen molar-refractivity contribution in [1.82, 2.24) is 4.90 Å². The minimum atomic E-state index is -0.0155. The first-order valence-corrected chi connectivity index (χ1v) is 6.04. The maximum absolute atomic E-state index is 11.7. The Morgan fingerprint density at radius 3 is 2.61 bits per heavy atom. The topological polar surface area (TPSA) is 75.8 Å². The van der Waals surface area contributed by atoms with E-state index in [4.69, 9.17) is 15.6 Å².